The molecule has 2 N–H and O–H groups in total. The van der Waals surface area contributed by atoms with E-state index in [1.54, 1.807) is 12.5 Å². The molecule has 2 aromatic carbocycles. The third-order valence-corrected chi connectivity index (χ3v) is 3.01. The summed E-state index contributed by atoms with van der Waals surface area (Å²) in [7, 11) is 0. The van der Waals surface area contributed by atoms with Crippen LogP contribution in [0.1, 0.15) is 5.76 Å². The predicted octanol–water partition coefficient (Wildman–Crippen LogP) is 4.19. The van der Waals surface area contributed by atoms with Crippen LogP contribution in [0.3, 0.4) is 0 Å². The smallest absolute Gasteiger partial charge is 0.155 e. The molecule has 0 aliphatic heterocycles. The van der Waals surface area contributed by atoms with Crippen molar-refractivity contribution in [2.24, 2.45) is 10.2 Å². The Labute approximate surface area is 134 Å². The van der Waals surface area contributed by atoms with Crippen LogP contribution in [-0.4, -0.2) is 11.9 Å². The van der Waals surface area contributed by atoms with Crippen LogP contribution in [0.4, 0.5) is 11.4 Å². The second-order valence-corrected chi connectivity index (χ2v) is 4.69. The van der Waals surface area contributed by atoms with Crippen LogP contribution < -0.4 is 10.9 Å². The average Bonchev–Trinajstić information content (AvgIpc) is 3.14. The summed E-state index contributed by atoms with van der Waals surface area (Å²) in [6.07, 6.45) is 3.22. The normalized spacial score (nSPS) is 11.6. The number of benzene rings is 2. The largest absolute Gasteiger partial charge is 0.463 e. The number of hydrogen-bond acceptors (Lipinski definition) is 5. The third kappa shape index (κ3) is 4.31. The van der Waals surface area contributed by atoms with E-state index >= 15 is 0 Å². The van der Waals surface area contributed by atoms with E-state index in [1.807, 2.05) is 72.8 Å². The number of nitrogens with zero attached hydrogens (tertiary/aromatic N) is 2. The molecule has 0 spiro atoms. The van der Waals surface area contributed by atoms with Crippen LogP contribution in [0.5, 0.6) is 0 Å². The van der Waals surface area contributed by atoms with Crippen LogP contribution in [-0.2, 0) is 0 Å². The van der Waals surface area contributed by atoms with Crippen LogP contribution >= 0.6 is 0 Å². The van der Waals surface area contributed by atoms with Crippen molar-refractivity contribution in [3.05, 3.63) is 84.8 Å². The van der Waals surface area contributed by atoms with Crippen molar-refractivity contribution in [3.8, 4) is 0 Å². The molecule has 5 nitrogen and oxygen atoms in total. The fraction of sp³-hybridized carbons (Fsp3) is 0. The van der Waals surface area contributed by atoms with Crippen LogP contribution in [0.2, 0.25) is 0 Å². The molecule has 0 saturated heterocycles. The third-order valence-electron chi connectivity index (χ3n) is 3.01. The Hall–Kier alpha value is -3.34. The van der Waals surface area contributed by atoms with E-state index in [2.05, 4.69) is 21.1 Å². The summed E-state index contributed by atoms with van der Waals surface area (Å²) in [5.41, 5.74) is 8.32. The van der Waals surface area contributed by atoms with Crippen molar-refractivity contribution in [3.63, 3.8) is 0 Å². The molecule has 0 radical (unpaired) electrons. The van der Waals surface area contributed by atoms with E-state index in [4.69, 9.17) is 4.42 Å². The van der Waals surface area contributed by atoms with E-state index in [9.17, 15) is 0 Å². The molecule has 0 aliphatic carbocycles. The van der Waals surface area contributed by atoms with Gasteiger partial charge in [-0.25, -0.2) is 0 Å². The molecule has 0 bridgehead atoms. The average molecular weight is 304 g/mol. The van der Waals surface area contributed by atoms with Crippen LogP contribution in [0.25, 0.3) is 0 Å². The quantitative estimate of drug-likeness (QED) is 0.530. The van der Waals surface area contributed by atoms with E-state index in [0.717, 1.165) is 11.4 Å². The van der Waals surface area contributed by atoms with Gasteiger partial charge in [0.1, 0.15) is 5.71 Å². The van der Waals surface area contributed by atoms with Gasteiger partial charge < -0.3 is 4.42 Å². The van der Waals surface area contributed by atoms with Gasteiger partial charge in [-0.2, -0.15) is 10.2 Å². The summed E-state index contributed by atoms with van der Waals surface area (Å²) in [6.45, 7) is 0. The molecule has 1 heterocycles. The number of furan rings is 1. The number of para-hydroxylation sites is 2. The highest BCUT2D eigenvalue weighted by atomic mass is 16.3. The summed E-state index contributed by atoms with van der Waals surface area (Å²) in [6, 6.07) is 23.0. The summed E-state index contributed by atoms with van der Waals surface area (Å²) in [5, 5.41) is 8.56. The first-order valence-electron chi connectivity index (χ1n) is 7.18. The zero-order chi connectivity index (χ0) is 15.7. The highest BCUT2D eigenvalue weighted by Gasteiger charge is 2.04. The summed E-state index contributed by atoms with van der Waals surface area (Å²) in [5.74, 6) is 0.632. The minimum Gasteiger partial charge on any atom is -0.463 e. The lowest BCUT2D eigenvalue weighted by Gasteiger charge is -2.02. The Balaban J connectivity index is 1.74. The van der Waals surface area contributed by atoms with Crippen molar-refractivity contribution in [1.29, 1.82) is 0 Å². The van der Waals surface area contributed by atoms with Gasteiger partial charge in [0.15, 0.2) is 5.76 Å². The van der Waals surface area contributed by atoms with Gasteiger partial charge in [-0.15, -0.1) is 0 Å². The monoisotopic (exact) mass is 304 g/mol. The lowest BCUT2D eigenvalue weighted by molar-refractivity contribution is 0.559. The molecule has 23 heavy (non-hydrogen) atoms. The highest BCUT2D eigenvalue weighted by Crippen LogP contribution is 2.08. The molecule has 0 aliphatic rings. The highest BCUT2D eigenvalue weighted by molar-refractivity contribution is 6.37. The lowest BCUT2D eigenvalue weighted by atomic mass is 10.3. The standard InChI is InChI=1S/C18H16N4O/c1-3-8-15(9-4-1)20-19-14-17(18-12-7-13-23-18)22-21-16-10-5-2-6-11-16/h1-14,20-21H/b19-14?,22-17-. The van der Waals surface area contributed by atoms with Crippen molar-refractivity contribution in [2.75, 3.05) is 10.9 Å². The van der Waals surface area contributed by atoms with Gasteiger partial charge >= 0.3 is 0 Å². The number of anilines is 2. The Kier molecular flexibility index (Phi) is 4.83. The SMILES string of the molecule is C(=NNc1ccccc1)/C(=N/Nc1ccccc1)c1ccco1. The fourth-order valence-corrected chi connectivity index (χ4v) is 1.89. The molecule has 3 aromatic rings. The van der Waals surface area contributed by atoms with Crippen LogP contribution in [0, 0.1) is 0 Å². The summed E-state index contributed by atoms with van der Waals surface area (Å²) in [4.78, 5) is 0. The van der Waals surface area contributed by atoms with E-state index < -0.39 is 0 Å². The molecule has 0 saturated carbocycles. The first kappa shape index (κ1) is 14.6. The van der Waals surface area contributed by atoms with Crippen molar-refractivity contribution < 1.29 is 4.42 Å². The Bertz CT molecular complexity index is 765. The van der Waals surface area contributed by atoms with Crippen molar-refractivity contribution >= 4 is 23.3 Å². The van der Waals surface area contributed by atoms with Gasteiger partial charge in [-0.3, -0.25) is 10.9 Å². The maximum absolute atomic E-state index is 5.40. The van der Waals surface area contributed by atoms with Gasteiger partial charge in [0.2, 0.25) is 0 Å². The molecule has 5 heteroatoms. The van der Waals surface area contributed by atoms with Gasteiger partial charge in [0.05, 0.1) is 23.9 Å². The van der Waals surface area contributed by atoms with Crippen LogP contribution in [0.15, 0.2) is 93.7 Å². The minimum absolute atomic E-state index is 0.585. The Morgan fingerprint density at radius 3 is 2.04 bits per heavy atom. The fourth-order valence-electron chi connectivity index (χ4n) is 1.89. The number of rotatable bonds is 6. The zero-order valence-corrected chi connectivity index (χ0v) is 12.4. The molecular weight excluding hydrogens is 288 g/mol. The molecule has 0 atom stereocenters. The van der Waals surface area contributed by atoms with Gasteiger partial charge in [-0.1, -0.05) is 36.4 Å². The van der Waals surface area contributed by atoms with E-state index in [1.165, 1.54) is 0 Å². The molecule has 0 unspecified atom stereocenters. The Morgan fingerprint density at radius 2 is 1.43 bits per heavy atom. The van der Waals surface area contributed by atoms with E-state index in [-0.39, 0.29) is 0 Å². The molecular formula is C18H16N4O. The molecule has 0 fully saturated rings. The second-order valence-electron chi connectivity index (χ2n) is 4.69. The molecule has 3 rings (SSSR count). The van der Waals surface area contributed by atoms with Gasteiger partial charge in [0, 0.05) is 0 Å². The number of hydrazone groups is 2. The Morgan fingerprint density at radius 1 is 0.783 bits per heavy atom. The van der Waals surface area contributed by atoms with E-state index in [0.29, 0.717) is 11.5 Å². The zero-order valence-electron chi connectivity index (χ0n) is 12.4. The maximum Gasteiger partial charge on any atom is 0.155 e. The first-order valence-corrected chi connectivity index (χ1v) is 7.18. The maximum atomic E-state index is 5.40. The van der Waals surface area contributed by atoms with Crippen molar-refractivity contribution in [1.82, 2.24) is 0 Å². The lowest BCUT2D eigenvalue weighted by Crippen LogP contribution is -2.06. The van der Waals surface area contributed by atoms with Crippen molar-refractivity contribution in [2.45, 2.75) is 0 Å². The summed E-state index contributed by atoms with van der Waals surface area (Å²) < 4.78 is 5.40. The van der Waals surface area contributed by atoms with Gasteiger partial charge in [-0.05, 0) is 36.4 Å². The minimum atomic E-state index is 0.585. The molecule has 0 amide bonds. The number of nitrogens with one attached hydrogen (secondary N) is 2. The first-order chi connectivity index (χ1) is 11.4. The molecule has 114 valence electrons. The van der Waals surface area contributed by atoms with Gasteiger partial charge in [0.25, 0.3) is 0 Å². The topological polar surface area (TPSA) is 61.9 Å². The second kappa shape index (κ2) is 7.61. The summed E-state index contributed by atoms with van der Waals surface area (Å²) >= 11 is 0. The molecule has 1 aromatic heterocycles. The number of hydrogen-bond donors (Lipinski definition) is 2. The predicted molar refractivity (Wildman–Crippen MR) is 93.9 cm³/mol.